The van der Waals surface area contributed by atoms with Crippen molar-refractivity contribution in [2.75, 3.05) is 7.11 Å². The minimum atomic E-state index is -0.834. The van der Waals surface area contributed by atoms with Gasteiger partial charge in [-0.2, -0.15) is 0 Å². The summed E-state index contributed by atoms with van der Waals surface area (Å²) in [6.45, 7) is 8.12. The highest BCUT2D eigenvalue weighted by Crippen LogP contribution is 2.31. The summed E-state index contributed by atoms with van der Waals surface area (Å²) in [7, 11) is 1.36. The van der Waals surface area contributed by atoms with Gasteiger partial charge in [-0.1, -0.05) is 32.4 Å². The lowest BCUT2D eigenvalue weighted by Crippen LogP contribution is -2.39. The van der Waals surface area contributed by atoms with Crippen LogP contribution in [-0.2, 0) is 14.3 Å². The minimum absolute atomic E-state index is 0.0935. The van der Waals surface area contributed by atoms with E-state index in [1.165, 1.54) is 45.4 Å². The second-order valence-corrected chi connectivity index (χ2v) is 8.82. The van der Waals surface area contributed by atoms with Gasteiger partial charge < -0.3 is 18.9 Å². The van der Waals surface area contributed by atoms with E-state index in [1.807, 2.05) is 13.8 Å². The lowest BCUT2D eigenvalue weighted by atomic mass is 10.0. The van der Waals surface area contributed by atoms with Crippen LogP contribution in [0.1, 0.15) is 51.5 Å². The third kappa shape index (κ3) is 7.92. The van der Waals surface area contributed by atoms with Crippen LogP contribution in [0.15, 0.2) is 30.5 Å². The van der Waals surface area contributed by atoms with E-state index in [9.17, 15) is 18.8 Å². The summed E-state index contributed by atoms with van der Waals surface area (Å²) in [4.78, 5) is 41.1. The Morgan fingerprint density at radius 1 is 1.11 bits per heavy atom. The second kappa shape index (κ2) is 12.5. The van der Waals surface area contributed by atoms with Gasteiger partial charge in [-0.25, -0.2) is 9.37 Å². The Hall–Kier alpha value is -3.20. The predicted molar refractivity (Wildman–Crippen MR) is 126 cm³/mol. The molecule has 190 valence electrons. The zero-order valence-corrected chi connectivity index (χ0v) is 21.2. The monoisotopic (exact) mass is 509 g/mol. The Labute approximate surface area is 208 Å². The fourth-order valence-corrected chi connectivity index (χ4v) is 3.60. The number of pyridine rings is 1. The van der Waals surface area contributed by atoms with Crippen molar-refractivity contribution in [1.29, 1.82) is 0 Å². The largest absolute Gasteiger partial charge is 0.493 e. The number of methoxy groups -OCH3 is 1. The number of nitrogens with zero attached hydrogens (tertiary/aromatic N) is 1. The van der Waals surface area contributed by atoms with Gasteiger partial charge in [0.2, 0.25) is 5.75 Å². The van der Waals surface area contributed by atoms with Crippen LogP contribution in [0.2, 0.25) is 5.02 Å². The van der Waals surface area contributed by atoms with E-state index in [0.717, 1.165) is 6.07 Å². The molecule has 0 N–H and O–H groups in total. The number of hydrogen-bond acceptors (Lipinski definition) is 8. The maximum atomic E-state index is 13.7. The minimum Gasteiger partial charge on any atom is -0.493 e. The van der Waals surface area contributed by atoms with Crippen LogP contribution in [0.5, 0.6) is 17.2 Å². The number of ether oxygens (including phenoxy) is 4. The fraction of sp³-hybridized carbons (Fsp3) is 0.440. The zero-order chi connectivity index (χ0) is 26.3. The normalized spacial score (nSPS) is 13.5. The number of benzene rings is 1. The highest BCUT2D eigenvalue weighted by atomic mass is 35.5. The van der Waals surface area contributed by atoms with Crippen LogP contribution in [0.25, 0.3) is 0 Å². The topological polar surface area (TPSA) is 101 Å². The van der Waals surface area contributed by atoms with Crippen molar-refractivity contribution < 1.29 is 37.7 Å². The summed E-state index contributed by atoms with van der Waals surface area (Å²) in [5, 5.41) is 0.179. The summed E-state index contributed by atoms with van der Waals surface area (Å²) < 4.78 is 35.4. The molecule has 0 spiro atoms. The van der Waals surface area contributed by atoms with Crippen LogP contribution in [0.4, 0.5) is 4.39 Å². The van der Waals surface area contributed by atoms with Crippen LogP contribution < -0.4 is 14.2 Å². The summed E-state index contributed by atoms with van der Waals surface area (Å²) in [6.07, 6.45) is -0.218. The van der Waals surface area contributed by atoms with Gasteiger partial charge in [0.05, 0.1) is 13.0 Å². The number of Topliss-reactive ketones (excluding diaryl/α,β-unsaturated/α-hetero) is 1. The number of carbonyl (C=O) groups is 3. The molecule has 0 saturated heterocycles. The Kier molecular flexibility index (Phi) is 10.0. The van der Waals surface area contributed by atoms with Crippen LogP contribution in [0, 0.1) is 17.7 Å². The fourth-order valence-electron chi connectivity index (χ4n) is 3.38. The first-order valence-corrected chi connectivity index (χ1v) is 11.4. The quantitative estimate of drug-likeness (QED) is 0.306. The number of hydrogen-bond donors (Lipinski definition) is 0. The number of rotatable bonds is 11. The summed E-state index contributed by atoms with van der Waals surface area (Å²) >= 11 is 5.90. The van der Waals surface area contributed by atoms with Crippen LogP contribution in [-0.4, -0.2) is 42.0 Å². The van der Waals surface area contributed by atoms with Crippen molar-refractivity contribution in [2.24, 2.45) is 11.8 Å². The third-order valence-corrected chi connectivity index (χ3v) is 5.24. The van der Waals surface area contributed by atoms with Crippen LogP contribution >= 0.6 is 11.6 Å². The van der Waals surface area contributed by atoms with Gasteiger partial charge in [0.1, 0.15) is 23.8 Å². The van der Waals surface area contributed by atoms with Crippen molar-refractivity contribution in [3.05, 3.63) is 47.0 Å². The molecule has 3 atom stereocenters. The van der Waals surface area contributed by atoms with Gasteiger partial charge in [-0.05, 0) is 25.0 Å². The SMILES string of the molecule is COc1ccnc(C(=O)C[C@@H](C)C(=O)O[C@@H](C)[C@H](Oc2cc(F)cc(Cl)c2)C(C)C)c1OC(C)=O. The molecule has 1 aromatic heterocycles. The molecular weight excluding hydrogens is 481 g/mol. The maximum absolute atomic E-state index is 13.7. The molecule has 2 rings (SSSR count). The molecule has 2 aromatic rings. The molecule has 0 unspecified atom stereocenters. The standard InChI is InChI=1S/C25H29ClFNO7/c1-13(2)23(35-19-11-17(26)10-18(27)12-19)15(4)33-25(31)14(3)9-20(30)22-24(34-16(5)29)21(32-6)7-8-28-22/h7-8,10-15,23H,9H2,1-6H3/t14-,15+,23-/m1/s1. The van der Waals surface area contributed by atoms with Gasteiger partial charge in [-0.15, -0.1) is 0 Å². The van der Waals surface area contributed by atoms with Gasteiger partial charge in [0.15, 0.2) is 17.2 Å². The number of carbonyl (C=O) groups excluding carboxylic acids is 3. The van der Waals surface area contributed by atoms with E-state index in [1.54, 1.807) is 6.92 Å². The smallest absolute Gasteiger partial charge is 0.309 e. The van der Waals surface area contributed by atoms with E-state index in [4.69, 9.17) is 30.5 Å². The van der Waals surface area contributed by atoms with E-state index < -0.39 is 41.7 Å². The number of esters is 2. The molecule has 1 aromatic carbocycles. The second-order valence-electron chi connectivity index (χ2n) is 8.39. The van der Waals surface area contributed by atoms with Crippen LogP contribution in [0.3, 0.4) is 0 Å². The van der Waals surface area contributed by atoms with Gasteiger partial charge in [-0.3, -0.25) is 14.4 Å². The van der Waals surface area contributed by atoms with Crippen molar-refractivity contribution in [2.45, 2.75) is 53.2 Å². The van der Waals surface area contributed by atoms with Gasteiger partial charge in [0, 0.05) is 36.7 Å². The first kappa shape index (κ1) is 28.0. The molecule has 35 heavy (non-hydrogen) atoms. The molecule has 0 amide bonds. The molecule has 8 nitrogen and oxygen atoms in total. The third-order valence-electron chi connectivity index (χ3n) is 5.02. The van der Waals surface area contributed by atoms with Gasteiger partial charge in [0.25, 0.3) is 0 Å². The van der Waals surface area contributed by atoms with E-state index in [2.05, 4.69) is 4.98 Å². The highest BCUT2D eigenvalue weighted by Gasteiger charge is 2.30. The molecule has 1 heterocycles. The predicted octanol–water partition coefficient (Wildman–Crippen LogP) is 5.05. The Balaban J connectivity index is 2.10. The Morgan fingerprint density at radius 3 is 2.37 bits per heavy atom. The highest BCUT2D eigenvalue weighted by molar-refractivity contribution is 6.30. The van der Waals surface area contributed by atoms with Crippen molar-refractivity contribution in [3.8, 4) is 17.2 Å². The Morgan fingerprint density at radius 2 is 1.80 bits per heavy atom. The molecule has 10 heteroatoms. The molecule has 0 aliphatic rings. The molecule has 0 radical (unpaired) electrons. The average molecular weight is 510 g/mol. The summed E-state index contributed by atoms with van der Waals surface area (Å²) in [5.41, 5.74) is -0.126. The first-order valence-electron chi connectivity index (χ1n) is 11.0. The molecule has 0 fully saturated rings. The van der Waals surface area contributed by atoms with E-state index in [0.29, 0.717) is 0 Å². The summed E-state index contributed by atoms with van der Waals surface area (Å²) in [5.74, 6) is -3.01. The first-order chi connectivity index (χ1) is 16.4. The number of halogens is 2. The van der Waals surface area contributed by atoms with E-state index in [-0.39, 0.29) is 40.3 Å². The average Bonchev–Trinajstić information content (AvgIpc) is 2.76. The van der Waals surface area contributed by atoms with Crippen molar-refractivity contribution >= 4 is 29.3 Å². The lowest BCUT2D eigenvalue weighted by Gasteiger charge is -2.29. The molecule has 0 aliphatic heterocycles. The molecule has 0 bridgehead atoms. The van der Waals surface area contributed by atoms with Gasteiger partial charge >= 0.3 is 11.9 Å². The van der Waals surface area contributed by atoms with Crippen molar-refractivity contribution in [3.63, 3.8) is 0 Å². The van der Waals surface area contributed by atoms with E-state index >= 15 is 0 Å². The summed E-state index contributed by atoms with van der Waals surface area (Å²) in [6, 6.07) is 5.27. The maximum Gasteiger partial charge on any atom is 0.309 e. The number of aromatic nitrogens is 1. The lowest BCUT2D eigenvalue weighted by molar-refractivity contribution is -0.158. The zero-order valence-electron chi connectivity index (χ0n) is 20.5. The number of ketones is 1. The molecular formula is C25H29ClFNO7. The molecule has 0 saturated carbocycles. The van der Waals surface area contributed by atoms with Crippen molar-refractivity contribution in [1.82, 2.24) is 4.98 Å². The Bertz CT molecular complexity index is 1060. The molecule has 0 aliphatic carbocycles.